The monoisotopic (exact) mass is 413 g/mol. The average molecular weight is 413 g/mol. The third-order valence-corrected chi connectivity index (χ3v) is 6.03. The van der Waals surface area contributed by atoms with Gasteiger partial charge in [0, 0.05) is 24.6 Å². The Balaban J connectivity index is 1.80. The zero-order valence-corrected chi connectivity index (χ0v) is 17.0. The topological polar surface area (TPSA) is 114 Å². The van der Waals surface area contributed by atoms with E-state index in [0.717, 1.165) is 16.7 Å². The van der Waals surface area contributed by atoms with Crippen LogP contribution in [-0.4, -0.2) is 52.4 Å². The summed E-state index contributed by atoms with van der Waals surface area (Å²) in [5, 5.41) is 29.9. The summed E-state index contributed by atoms with van der Waals surface area (Å²) in [7, 11) is 1.48. The highest BCUT2D eigenvalue weighted by Gasteiger charge is 2.55. The van der Waals surface area contributed by atoms with Crippen molar-refractivity contribution in [3.8, 4) is 17.2 Å². The molecule has 30 heavy (non-hydrogen) atoms. The predicted molar refractivity (Wildman–Crippen MR) is 110 cm³/mol. The van der Waals surface area contributed by atoms with Crippen molar-refractivity contribution in [2.24, 2.45) is 5.92 Å². The standard InChI is InChI=1S/C22H27N3O5/c1-12-4-6-15(27)14(10-12)19-18-20(24-23-19)22(29)25(8-3-9-26)21(18)13-5-7-16(28)17(11-13)30-2/h4-7,10-11,18-21,23-24,26-28H,3,8-9H2,1-2H3. The van der Waals surface area contributed by atoms with Crippen LogP contribution in [-0.2, 0) is 4.79 Å². The number of ether oxygens (including phenoxy) is 1. The van der Waals surface area contributed by atoms with Crippen molar-refractivity contribution in [1.29, 1.82) is 0 Å². The molecule has 8 heteroatoms. The van der Waals surface area contributed by atoms with Crippen molar-refractivity contribution in [2.75, 3.05) is 20.3 Å². The van der Waals surface area contributed by atoms with Gasteiger partial charge in [-0.2, -0.15) is 0 Å². The highest BCUT2D eigenvalue weighted by atomic mass is 16.5. The summed E-state index contributed by atoms with van der Waals surface area (Å²) in [5.41, 5.74) is 8.88. The van der Waals surface area contributed by atoms with E-state index in [9.17, 15) is 20.1 Å². The molecule has 4 rings (SSSR count). The number of aromatic hydroxyl groups is 2. The Morgan fingerprint density at radius 1 is 1.07 bits per heavy atom. The summed E-state index contributed by atoms with van der Waals surface area (Å²) in [4.78, 5) is 15.0. The Morgan fingerprint density at radius 2 is 1.80 bits per heavy atom. The Hall–Kier alpha value is -2.81. The Kier molecular flexibility index (Phi) is 5.55. The summed E-state index contributed by atoms with van der Waals surface area (Å²) < 4.78 is 5.28. The Bertz CT molecular complexity index is 950. The van der Waals surface area contributed by atoms with E-state index in [1.54, 1.807) is 29.2 Å². The van der Waals surface area contributed by atoms with Gasteiger partial charge >= 0.3 is 0 Å². The highest BCUT2D eigenvalue weighted by Crippen LogP contribution is 2.49. The number of aliphatic hydroxyl groups excluding tert-OH is 1. The number of rotatable bonds is 6. The highest BCUT2D eigenvalue weighted by molar-refractivity contribution is 5.86. The zero-order chi connectivity index (χ0) is 21.4. The van der Waals surface area contributed by atoms with Crippen LogP contribution in [0.25, 0.3) is 0 Å². The molecule has 2 aliphatic rings. The molecule has 1 amide bonds. The fourth-order valence-electron chi connectivity index (χ4n) is 4.66. The zero-order valence-electron chi connectivity index (χ0n) is 17.0. The molecule has 2 aliphatic heterocycles. The number of aryl methyl sites for hydroxylation is 1. The van der Waals surface area contributed by atoms with Crippen molar-refractivity contribution in [2.45, 2.75) is 31.5 Å². The van der Waals surface area contributed by atoms with E-state index in [2.05, 4.69) is 10.9 Å². The number of fused-ring (bicyclic) bond motifs is 1. The predicted octanol–water partition coefficient (Wildman–Crippen LogP) is 1.51. The number of likely N-dealkylation sites (tertiary alicyclic amines) is 1. The number of hydrogen-bond acceptors (Lipinski definition) is 7. The lowest BCUT2D eigenvalue weighted by atomic mass is 9.82. The molecule has 0 radical (unpaired) electrons. The van der Waals surface area contributed by atoms with Crippen molar-refractivity contribution in [1.82, 2.24) is 15.8 Å². The Morgan fingerprint density at radius 3 is 2.53 bits per heavy atom. The maximum absolute atomic E-state index is 13.2. The van der Waals surface area contributed by atoms with Gasteiger partial charge in [0.1, 0.15) is 11.8 Å². The smallest absolute Gasteiger partial charge is 0.242 e. The molecule has 0 aromatic heterocycles. The maximum Gasteiger partial charge on any atom is 0.242 e. The van der Waals surface area contributed by atoms with Gasteiger partial charge in [-0.05, 0) is 37.1 Å². The number of phenolic OH excluding ortho intramolecular Hbond substituents is 2. The van der Waals surface area contributed by atoms with Crippen molar-refractivity contribution < 1.29 is 24.9 Å². The molecule has 0 bridgehead atoms. The van der Waals surface area contributed by atoms with Gasteiger partial charge in [-0.3, -0.25) is 4.79 Å². The molecule has 4 atom stereocenters. The molecule has 0 aliphatic carbocycles. The molecule has 4 unspecified atom stereocenters. The summed E-state index contributed by atoms with van der Waals surface area (Å²) in [6.07, 6.45) is 0.463. The molecule has 160 valence electrons. The second kappa shape index (κ2) is 8.14. The van der Waals surface area contributed by atoms with Gasteiger partial charge in [0.05, 0.1) is 19.2 Å². The number of carbonyl (C=O) groups is 1. The minimum absolute atomic E-state index is 0.0154. The first-order chi connectivity index (χ1) is 14.5. The lowest BCUT2D eigenvalue weighted by Gasteiger charge is -2.31. The van der Waals surface area contributed by atoms with Crippen LogP contribution in [0.2, 0.25) is 0 Å². The number of hydrogen-bond donors (Lipinski definition) is 5. The molecule has 8 nitrogen and oxygen atoms in total. The second-order valence-electron chi connectivity index (χ2n) is 7.87. The normalized spacial score (nSPS) is 25.6. The van der Waals surface area contributed by atoms with Crippen molar-refractivity contribution in [3.63, 3.8) is 0 Å². The molecule has 2 fully saturated rings. The van der Waals surface area contributed by atoms with Gasteiger partial charge < -0.3 is 25.0 Å². The number of nitrogens with one attached hydrogen (secondary N) is 2. The fraction of sp³-hybridized carbons (Fsp3) is 0.409. The molecule has 2 aromatic carbocycles. The maximum atomic E-state index is 13.2. The third-order valence-electron chi connectivity index (χ3n) is 6.03. The van der Waals surface area contributed by atoms with Gasteiger partial charge in [0.25, 0.3) is 0 Å². The van der Waals surface area contributed by atoms with E-state index >= 15 is 0 Å². The molecular weight excluding hydrogens is 386 g/mol. The third kappa shape index (κ3) is 3.36. The van der Waals surface area contributed by atoms with Crippen LogP contribution >= 0.6 is 0 Å². The first kappa shape index (κ1) is 20.5. The number of amides is 1. The SMILES string of the molecule is COc1cc(C2C3C(NNC3c3cc(C)ccc3O)C(=O)N2CCCO)ccc1O. The van der Waals surface area contributed by atoms with Crippen LogP contribution in [0.15, 0.2) is 36.4 Å². The average Bonchev–Trinajstić information content (AvgIpc) is 3.28. The van der Waals surface area contributed by atoms with Crippen LogP contribution in [0.4, 0.5) is 0 Å². The number of aliphatic hydroxyl groups is 1. The number of nitrogens with zero attached hydrogens (tertiary/aromatic N) is 1. The van der Waals surface area contributed by atoms with Crippen LogP contribution in [0, 0.1) is 12.8 Å². The van der Waals surface area contributed by atoms with E-state index in [0.29, 0.717) is 18.7 Å². The Labute approximate surface area is 175 Å². The number of methoxy groups -OCH3 is 1. The molecule has 0 spiro atoms. The number of phenols is 2. The van der Waals surface area contributed by atoms with Gasteiger partial charge in [-0.1, -0.05) is 23.8 Å². The first-order valence-corrected chi connectivity index (χ1v) is 10.0. The molecule has 5 N–H and O–H groups in total. The summed E-state index contributed by atoms with van der Waals surface area (Å²) in [5.74, 6) is 0.258. The molecule has 2 heterocycles. The lowest BCUT2D eigenvalue weighted by Crippen LogP contribution is -2.41. The minimum Gasteiger partial charge on any atom is -0.508 e. The molecular formula is C22H27N3O5. The largest absolute Gasteiger partial charge is 0.508 e. The number of benzene rings is 2. The van der Waals surface area contributed by atoms with E-state index in [1.165, 1.54) is 7.11 Å². The van der Waals surface area contributed by atoms with E-state index in [-0.39, 0.29) is 42.0 Å². The van der Waals surface area contributed by atoms with Crippen LogP contribution in [0.3, 0.4) is 0 Å². The van der Waals surface area contributed by atoms with Gasteiger partial charge in [0.15, 0.2) is 11.5 Å². The van der Waals surface area contributed by atoms with E-state index in [4.69, 9.17) is 4.74 Å². The van der Waals surface area contributed by atoms with Gasteiger partial charge in [-0.15, -0.1) is 0 Å². The molecule has 2 aromatic rings. The van der Waals surface area contributed by atoms with Crippen LogP contribution in [0.1, 0.15) is 35.2 Å². The number of carbonyl (C=O) groups excluding carboxylic acids is 1. The summed E-state index contributed by atoms with van der Waals surface area (Å²) in [6.45, 7) is 2.35. The first-order valence-electron chi connectivity index (χ1n) is 10.0. The second-order valence-corrected chi connectivity index (χ2v) is 7.87. The minimum atomic E-state index is -0.474. The van der Waals surface area contributed by atoms with E-state index in [1.807, 2.05) is 19.1 Å². The quantitative estimate of drug-likeness (QED) is 0.488. The summed E-state index contributed by atoms with van der Waals surface area (Å²) >= 11 is 0. The fourth-order valence-corrected chi connectivity index (χ4v) is 4.66. The van der Waals surface area contributed by atoms with Crippen LogP contribution < -0.4 is 15.6 Å². The molecule has 2 saturated heterocycles. The number of hydrazine groups is 1. The van der Waals surface area contributed by atoms with Crippen LogP contribution in [0.5, 0.6) is 17.2 Å². The van der Waals surface area contributed by atoms with E-state index < -0.39 is 6.04 Å². The molecule has 0 saturated carbocycles. The van der Waals surface area contributed by atoms with Gasteiger partial charge in [0.2, 0.25) is 5.91 Å². The summed E-state index contributed by atoms with van der Waals surface area (Å²) in [6, 6.07) is 9.42. The lowest BCUT2D eigenvalue weighted by molar-refractivity contribution is -0.130. The van der Waals surface area contributed by atoms with Crippen molar-refractivity contribution in [3.05, 3.63) is 53.1 Å². The van der Waals surface area contributed by atoms with Crippen molar-refractivity contribution >= 4 is 5.91 Å². The van der Waals surface area contributed by atoms with Gasteiger partial charge in [-0.25, -0.2) is 10.9 Å².